The molecule has 102 valence electrons. The number of rotatable bonds is 6. The van der Waals surface area contributed by atoms with Gasteiger partial charge in [-0.25, -0.2) is 0 Å². The summed E-state index contributed by atoms with van der Waals surface area (Å²) < 4.78 is 11.3. The van der Waals surface area contributed by atoms with Crippen LogP contribution in [0.2, 0.25) is 0 Å². The third kappa shape index (κ3) is 3.61. The van der Waals surface area contributed by atoms with Gasteiger partial charge >= 0.3 is 0 Å². The number of ether oxygens (including phenoxy) is 1. The summed E-state index contributed by atoms with van der Waals surface area (Å²) in [4.78, 5) is 0. The summed E-state index contributed by atoms with van der Waals surface area (Å²) in [7, 11) is 0. The number of benzene rings is 1. The second-order valence-electron chi connectivity index (χ2n) is 4.71. The third-order valence-electron chi connectivity index (χ3n) is 3.11. The molecule has 0 bridgehead atoms. The van der Waals surface area contributed by atoms with Crippen LogP contribution in [-0.2, 0) is 13.2 Å². The van der Waals surface area contributed by atoms with Gasteiger partial charge in [0.05, 0.1) is 6.26 Å². The van der Waals surface area contributed by atoms with E-state index in [4.69, 9.17) is 9.15 Å². The van der Waals surface area contributed by atoms with Crippen LogP contribution >= 0.6 is 0 Å². The molecule has 3 nitrogen and oxygen atoms in total. The van der Waals surface area contributed by atoms with Crippen molar-refractivity contribution in [3.8, 4) is 5.75 Å². The van der Waals surface area contributed by atoms with Gasteiger partial charge in [-0.2, -0.15) is 0 Å². The zero-order valence-electron chi connectivity index (χ0n) is 11.8. The van der Waals surface area contributed by atoms with Crippen LogP contribution in [0.15, 0.2) is 34.9 Å². The van der Waals surface area contributed by atoms with Crippen LogP contribution in [0.3, 0.4) is 0 Å². The van der Waals surface area contributed by atoms with E-state index in [1.807, 2.05) is 6.07 Å². The molecule has 1 aromatic heterocycles. The fourth-order valence-electron chi connectivity index (χ4n) is 1.92. The van der Waals surface area contributed by atoms with E-state index in [0.717, 1.165) is 35.7 Å². The molecule has 0 saturated carbocycles. The van der Waals surface area contributed by atoms with Gasteiger partial charge in [-0.15, -0.1) is 0 Å². The molecule has 2 aromatic rings. The van der Waals surface area contributed by atoms with Gasteiger partial charge in [0.25, 0.3) is 0 Å². The molecule has 0 radical (unpaired) electrons. The highest BCUT2D eigenvalue weighted by Gasteiger charge is 2.08. The Morgan fingerprint density at radius 2 is 2.05 bits per heavy atom. The van der Waals surface area contributed by atoms with Crippen LogP contribution in [-0.4, -0.2) is 6.54 Å². The molecule has 0 atom stereocenters. The van der Waals surface area contributed by atoms with Crippen LogP contribution in [0, 0.1) is 13.8 Å². The molecule has 0 unspecified atom stereocenters. The molecule has 1 heterocycles. The van der Waals surface area contributed by atoms with Crippen molar-refractivity contribution < 1.29 is 9.15 Å². The molecule has 19 heavy (non-hydrogen) atoms. The second-order valence-corrected chi connectivity index (χ2v) is 4.71. The van der Waals surface area contributed by atoms with Crippen molar-refractivity contribution in [1.82, 2.24) is 5.32 Å². The fourth-order valence-corrected chi connectivity index (χ4v) is 1.92. The van der Waals surface area contributed by atoms with Gasteiger partial charge in [0.2, 0.25) is 0 Å². The predicted octanol–water partition coefficient (Wildman–Crippen LogP) is 3.58. The molecule has 2 rings (SSSR count). The highest BCUT2D eigenvalue weighted by atomic mass is 16.5. The molecule has 0 aliphatic heterocycles. The minimum atomic E-state index is 0.470. The average molecular weight is 259 g/mol. The van der Waals surface area contributed by atoms with Crippen LogP contribution in [0.5, 0.6) is 5.75 Å². The molecular weight excluding hydrogens is 238 g/mol. The number of hydrogen-bond acceptors (Lipinski definition) is 3. The van der Waals surface area contributed by atoms with Gasteiger partial charge < -0.3 is 14.5 Å². The topological polar surface area (TPSA) is 34.4 Å². The standard InChI is InChI=1S/C16H21NO2/c1-4-17-10-14-7-8-18-16(14)11-19-15-9-12(2)5-6-13(15)3/h5-9,17H,4,10-11H2,1-3H3. The molecule has 1 aromatic carbocycles. The van der Waals surface area contributed by atoms with Crippen LogP contribution in [0.25, 0.3) is 0 Å². The largest absolute Gasteiger partial charge is 0.485 e. The van der Waals surface area contributed by atoms with Gasteiger partial charge in [-0.3, -0.25) is 0 Å². The Morgan fingerprint density at radius 3 is 2.84 bits per heavy atom. The quantitative estimate of drug-likeness (QED) is 0.861. The zero-order valence-corrected chi connectivity index (χ0v) is 11.8. The summed E-state index contributed by atoms with van der Waals surface area (Å²) in [5.74, 6) is 1.81. The van der Waals surface area contributed by atoms with Crippen molar-refractivity contribution in [2.45, 2.75) is 33.9 Å². The summed E-state index contributed by atoms with van der Waals surface area (Å²) in [5, 5.41) is 3.29. The molecule has 0 spiro atoms. The van der Waals surface area contributed by atoms with Gasteiger partial charge in [0.1, 0.15) is 18.1 Å². The molecule has 0 amide bonds. The van der Waals surface area contributed by atoms with Crippen molar-refractivity contribution in [2.24, 2.45) is 0 Å². The highest BCUT2D eigenvalue weighted by molar-refractivity contribution is 5.36. The monoisotopic (exact) mass is 259 g/mol. The predicted molar refractivity (Wildman–Crippen MR) is 76.3 cm³/mol. The Labute approximate surface area is 114 Å². The van der Waals surface area contributed by atoms with Crippen molar-refractivity contribution in [3.63, 3.8) is 0 Å². The minimum absolute atomic E-state index is 0.470. The number of hydrogen-bond donors (Lipinski definition) is 1. The van der Waals surface area contributed by atoms with Crippen LogP contribution < -0.4 is 10.1 Å². The van der Waals surface area contributed by atoms with Crippen LogP contribution in [0.1, 0.15) is 29.4 Å². The first kappa shape index (κ1) is 13.7. The lowest BCUT2D eigenvalue weighted by molar-refractivity contribution is 0.266. The van der Waals surface area contributed by atoms with E-state index in [1.54, 1.807) is 6.26 Å². The molecule has 3 heteroatoms. The normalized spacial score (nSPS) is 10.7. The lowest BCUT2D eigenvalue weighted by Crippen LogP contribution is -2.12. The Kier molecular flexibility index (Phi) is 4.63. The maximum atomic E-state index is 5.86. The van der Waals surface area contributed by atoms with E-state index >= 15 is 0 Å². The molecule has 0 aliphatic rings. The first-order valence-electron chi connectivity index (χ1n) is 6.66. The summed E-state index contributed by atoms with van der Waals surface area (Å²) in [6.07, 6.45) is 1.72. The lowest BCUT2D eigenvalue weighted by atomic mass is 10.1. The van der Waals surface area contributed by atoms with Crippen molar-refractivity contribution >= 4 is 0 Å². The number of nitrogens with one attached hydrogen (secondary N) is 1. The number of furan rings is 1. The fraction of sp³-hybridized carbons (Fsp3) is 0.375. The molecule has 1 N–H and O–H groups in total. The van der Waals surface area contributed by atoms with Crippen molar-refractivity contribution in [1.29, 1.82) is 0 Å². The van der Waals surface area contributed by atoms with E-state index < -0.39 is 0 Å². The van der Waals surface area contributed by atoms with Gasteiger partial charge in [-0.1, -0.05) is 19.1 Å². The Bertz CT molecular complexity index is 531. The lowest BCUT2D eigenvalue weighted by Gasteiger charge is -2.10. The molecule has 0 saturated heterocycles. The molecule has 0 fully saturated rings. The maximum Gasteiger partial charge on any atom is 0.146 e. The third-order valence-corrected chi connectivity index (χ3v) is 3.11. The van der Waals surface area contributed by atoms with Crippen molar-refractivity contribution in [3.05, 3.63) is 53.0 Å². The number of aryl methyl sites for hydroxylation is 2. The molecular formula is C16H21NO2. The summed E-state index contributed by atoms with van der Waals surface area (Å²) in [6, 6.07) is 8.21. The van der Waals surface area contributed by atoms with Crippen LogP contribution in [0.4, 0.5) is 0 Å². The first-order chi connectivity index (χ1) is 9.20. The molecule has 0 aliphatic carbocycles. The zero-order chi connectivity index (χ0) is 13.7. The van der Waals surface area contributed by atoms with E-state index in [0.29, 0.717) is 6.61 Å². The van der Waals surface area contributed by atoms with Gasteiger partial charge in [-0.05, 0) is 43.7 Å². The van der Waals surface area contributed by atoms with E-state index in [9.17, 15) is 0 Å². The first-order valence-corrected chi connectivity index (χ1v) is 6.66. The van der Waals surface area contributed by atoms with E-state index in [2.05, 4.69) is 44.3 Å². The Hall–Kier alpha value is -1.74. The maximum absolute atomic E-state index is 5.86. The summed E-state index contributed by atoms with van der Waals surface area (Å²) >= 11 is 0. The van der Waals surface area contributed by atoms with Gasteiger partial charge in [0.15, 0.2) is 0 Å². The smallest absolute Gasteiger partial charge is 0.146 e. The van der Waals surface area contributed by atoms with E-state index in [-0.39, 0.29) is 0 Å². The van der Waals surface area contributed by atoms with E-state index in [1.165, 1.54) is 5.56 Å². The summed E-state index contributed by atoms with van der Waals surface area (Å²) in [6.45, 7) is 8.44. The Morgan fingerprint density at radius 1 is 1.21 bits per heavy atom. The summed E-state index contributed by atoms with van der Waals surface area (Å²) in [5.41, 5.74) is 3.51. The SMILES string of the molecule is CCNCc1ccoc1COc1cc(C)ccc1C. The Balaban J connectivity index is 2.02. The average Bonchev–Trinajstić information content (AvgIpc) is 2.85. The highest BCUT2D eigenvalue weighted by Crippen LogP contribution is 2.21. The van der Waals surface area contributed by atoms with Crippen molar-refractivity contribution in [2.75, 3.05) is 6.54 Å². The second kappa shape index (κ2) is 6.43. The van der Waals surface area contributed by atoms with Gasteiger partial charge in [0, 0.05) is 12.1 Å². The minimum Gasteiger partial charge on any atom is -0.485 e.